The van der Waals surface area contributed by atoms with Crippen LogP contribution in [0.25, 0.3) is 0 Å². The smallest absolute Gasteiger partial charge is 0.0518 e. The summed E-state index contributed by atoms with van der Waals surface area (Å²) in [6.07, 6.45) is 9.66. The Bertz CT molecular complexity index is 126. The highest BCUT2D eigenvalue weighted by Gasteiger charge is 1.93. The van der Waals surface area contributed by atoms with Crippen LogP contribution in [0.15, 0.2) is 0 Å². The van der Waals surface area contributed by atoms with Crippen molar-refractivity contribution in [2.24, 2.45) is 0 Å². The van der Waals surface area contributed by atoms with Gasteiger partial charge in [0.05, 0.1) is 6.10 Å². The first-order valence-electron chi connectivity index (χ1n) is 7.09. The summed E-state index contributed by atoms with van der Waals surface area (Å²) >= 11 is 0. The van der Waals surface area contributed by atoms with Crippen LogP contribution in [0.4, 0.5) is 0 Å². The Labute approximate surface area is 102 Å². The normalized spacial score (nSPS) is 11.2. The lowest BCUT2D eigenvalue weighted by Crippen LogP contribution is -2.17. The first-order chi connectivity index (χ1) is 7.77. The molecule has 0 fully saturated rings. The molecule has 0 atom stereocenters. The second-order valence-electron chi connectivity index (χ2n) is 4.79. The monoisotopic (exact) mass is 229 g/mol. The predicted molar refractivity (Wildman–Crippen MR) is 72.0 cm³/mol. The molecule has 0 aliphatic heterocycles. The van der Waals surface area contributed by atoms with Gasteiger partial charge in [-0.1, -0.05) is 32.6 Å². The summed E-state index contributed by atoms with van der Waals surface area (Å²) in [5, 5.41) is 3.49. The third-order valence-corrected chi connectivity index (χ3v) is 2.66. The lowest BCUT2D eigenvalue weighted by Gasteiger charge is -2.07. The molecule has 0 saturated heterocycles. The van der Waals surface area contributed by atoms with Crippen molar-refractivity contribution in [3.8, 4) is 0 Å². The molecule has 2 nitrogen and oxygen atoms in total. The van der Waals surface area contributed by atoms with Gasteiger partial charge in [0.2, 0.25) is 0 Å². The van der Waals surface area contributed by atoms with Crippen LogP contribution >= 0.6 is 0 Å². The van der Waals surface area contributed by atoms with E-state index in [1.54, 1.807) is 0 Å². The molecular weight excluding hydrogens is 198 g/mol. The maximum atomic E-state index is 5.49. The molecule has 0 aliphatic rings. The van der Waals surface area contributed by atoms with Crippen molar-refractivity contribution in [3.63, 3.8) is 0 Å². The number of hydrogen-bond donors (Lipinski definition) is 1. The molecule has 0 aromatic rings. The summed E-state index contributed by atoms with van der Waals surface area (Å²) in [6.45, 7) is 9.69. The lowest BCUT2D eigenvalue weighted by atomic mass is 10.1. The topological polar surface area (TPSA) is 21.3 Å². The fourth-order valence-electron chi connectivity index (χ4n) is 1.65. The summed E-state index contributed by atoms with van der Waals surface area (Å²) in [5.74, 6) is 0. The zero-order valence-electron chi connectivity index (χ0n) is 11.6. The van der Waals surface area contributed by atoms with Gasteiger partial charge in [-0.3, -0.25) is 0 Å². The Hall–Kier alpha value is -0.0800. The van der Waals surface area contributed by atoms with E-state index in [0.717, 1.165) is 13.2 Å². The first kappa shape index (κ1) is 15.9. The highest BCUT2D eigenvalue weighted by Crippen LogP contribution is 2.01. The van der Waals surface area contributed by atoms with E-state index in [9.17, 15) is 0 Å². The van der Waals surface area contributed by atoms with Gasteiger partial charge in [0, 0.05) is 6.61 Å². The van der Waals surface area contributed by atoms with Crippen molar-refractivity contribution < 1.29 is 4.74 Å². The first-order valence-corrected chi connectivity index (χ1v) is 7.09. The molecule has 0 heterocycles. The minimum absolute atomic E-state index is 0.381. The van der Waals surface area contributed by atoms with E-state index in [-0.39, 0.29) is 0 Å². The SMILES string of the molecule is CCCCCCCNCCCCOC(C)C. The van der Waals surface area contributed by atoms with Crippen molar-refractivity contribution in [2.45, 2.75) is 71.8 Å². The number of rotatable bonds is 12. The van der Waals surface area contributed by atoms with Crippen LogP contribution in [-0.4, -0.2) is 25.8 Å². The lowest BCUT2D eigenvalue weighted by molar-refractivity contribution is 0.0760. The average Bonchev–Trinajstić information content (AvgIpc) is 2.25. The number of unbranched alkanes of at least 4 members (excludes halogenated alkanes) is 5. The zero-order valence-corrected chi connectivity index (χ0v) is 11.6. The molecule has 0 radical (unpaired) electrons. The van der Waals surface area contributed by atoms with E-state index >= 15 is 0 Å². The Morgan fingerprint density at radius 3 is 2.12 bits per heavy atom. The molecule has 1 N–H and O–H groups in total. The molecule has 0 amide bonds. The van der Waals surface area contributed by atoms with Gasteiger partial charge < -0.3 is 10.1 Å². The molecule has 0 aromatic carbocycles. The maximum absolute atomic E-state index is 5.49. The third-order valence-electron chi connectivity index (χ3n) is 2.66. The molecule has 16 heavy (non-hydrogen) atoms. The minimum atomic E-state index is 0.381. The quantitative estimate of drug-likeness (QED) is 0.515. The molecule has 0 spiro atoms. The molecule has 0 rings (SSSR count). The van der Waals surface area contributed by atoms with E-state index in [0.29, 0.717) is 6.10 Å². The predicted octanol–water partition coefficient (Wildman–Crippen LogP) is 3.75. The van der Waals surface area contributed by atoms with Crippen LogP contribution in [0.1, 0.15) is 65.7 Å². The minimum Gasteiger partial charge on any atom is -0.379 e. The van der Waals surface area contributed by atoms with E-state index in [1.165, 1.54) is 51.5 Å². The van der Waals surface area contributed by atoms with Crippen LogP contribution < -0.4 is 5.32 Å². The van der Waals surface area contributed by atoms with Crippen molar-refractivity contribution in [3.05, 3.63) is 0 Å². The number of ether oxygens (including phenoxy) is 1. The van der Waals surface area contributed by atoms with E-state index in [4.69, 9.17) is 4.74 Å². The molecule has 0 saturated carbocycles. The molecule has 0 aliphatic carbocycles. The van der Waals surface area contributed by atoms with Gasteiger partial charge in [-0.15, -0.1) is 0 Å². The van der Waals surface area contributed by atoms with Gasteiger partial charge in [-0.25, -0.2) is 0 Å². The van der Waals surface area contributed by atoms with Crippen LogP contribution in [0.3, 0.4) is 0 Å². The van der Waals surface area contributed by atoms with Crippen molar-refractivity contribution in [2.75, 3.05) is 19.7 Å². The molecule has 98 valence electrons. The number of nitrogens with one attached hydrogen (secondary N) is 1. The van der Waals surface area contributed by atoms with Gasteiger partial charge >= 0.3 is 0 Å². The fraction of sp³-hybridized carbons (Fsp3) is 1.00. The summed E-state index contributed by atoms with van der Waals surface area (Å²) in [6, 6.07) is 0. The summed E-state index contributed by atoms with van der Waals surface area (Å²) < 4.78 is 5.49. The Kier molecular flexibility index (Phi) is 12.9. The van der Waals surface area contributed by atoms with Gasteiger partial charge in [-0.05, 0) is 46.2 Å². The van der Waals surface area contributed by atoms with Crippen molar-refractivity contribution in [1.29, 1.82) is 0 Å². The van der Waals surface area contributed by atoms with Gasteiger partial charge in [0.15, 0.2) is 0 Å². The zero-order chi connectivity index (χ0) is 12.1. The van der Waals surface area contributed by atoms with Crippen LogP contribution in [-0.2, 0) is 4.74 Å². The Balaban J connectivity index is 2.88. The van der Waals surface area contributed by atoms with Crippen molar-refractivity contribution >= 4 is 0 Å². The highest BCUT2D eigenvalue weighted by molar-refractivity contribution is 4.50. The summed E-state index contributed by atoms with van der Waals surface area (Å²) in [5.41, 5.74) is 0. The number of hydrogen-bond acceptors (Lipinski definition) is 2. The summed E-state index contributed by atoms with van der Waals surface area (Å²) in [4.78, 5) is 0. The summed E-state index contributed by atoms with van der Waals surface area (Å²) in [7, 11) is 0. The van der Waals surface area contributed by atoms with Crippen LogP contribution in [0.5, 0.6) is 0 Å². The van der Waals surface area contributed by atoms with Gasteiger partial charge in [0.25, 0.3) is 0 Å². The third kappa shape index (κ3) is 13.9. The molecular formula is C14H31NO. The highest BCUT2D eigenvalue weighted by atomic mass is 16.5. The molecule has 0 aromatic heterocycles. The molecule has 2 heteroatoms. The van der Waals surface area contributed by atoms with E-state index in [2.05, 4.69) is 26.1 Å². The second kappa shape index (κ2) is 13.0. The Morgan fingerprint density at radius 2 is 1.50 bits per heavy atom. The standard InChI is InChI=1S/C14H31NO/c1-4-5-6-7-8-11-15-12-9-10-13-16-14(2)3/h14-15H,4-13H2,1-3H3. The Morgan fingerprint density at radius 1 is 0.875 bits per heavy atom. The van der Waals surface area contributed by atoms with Crippen LogP contribution in [0, 0.1) is 0 Å². The van der Waals surface area contributed by atoms with Crippen LogP contribution in [0.2, 0.25) is 0 Å². The van der Waals surface area contributed by atoms with Gasteiger partial charge in [0.1, 0.15) is 0 Å². The van der Waals surface area contributed by atoms with Gasteiger partial charge in [-0.2, -0.15) is 0 Å². The maximum Gasteiger partial charge on any atom is 0.0518 e. The largest absolute Gasteiger partial charge is 0.379 e. The van der Waals surface area contributed by atoms with E-state index in [1.807, 2.05) is 0 Å². The van der Waals surface area contributed by atoms with Crippen molar-refractivity contribution in [1.82, 2.24) is 5.32 Å². The second-order valence-corrected chi connectivity index (χ2v) is 4.79. The van der Waals surface area contributed by atoms with E-state index < -0.39 is 0 Å². The average molecular weight is 229 g/mol. The molecule has 0 unspecified atom stereocenters. The fourth-order valence-corrected chi connectivity index (χ4v) is 1.65. The molecule has 0 bridgehead atoms.